The molecule has 1 aromatic heterocycles. The Balaban J connectivity index is 1.61. The van der Waals surface area contributed by atoms with Crippen molar-refractivity contribution in [2.75, 3.05) is 0 Å². The number of fused-ring (bicyclic) bond motifs is 7. The Morgan fingerprint density at radius 1 is 0.929 bits per heavy atom. The van der Waals surface area contributed by atoms with Crippen molar-refractivity contribution in [3.63, 3.8) is 0 Å². The van der Waals surface area contributed by atoms with Gasteiger partial charge in [-0.1, -0.05) is 34.6 Å². The van der Waals surface area contributed by atoms with Crippen LogP contribution in [-0.4, -0.2) is 17.0 Å². The summed E-state index contributed by atoms with van der Waals surface area (Å²) in [6, 6.07) is 0. The summed E-state index contributed by atoms with van der Waals surface area (Å²) in [6.07, 6.45) is 10.5. The number of furan rings is 1. The van der Waals surface area contributed by atoms with Gasteiger partial charge in [0.2, 0.25) is 0 Å². The summed E-state index contributed by atoms with van der Waals surface area (Å²) < 4.78 is 5.60. The first-order valence-corrected chi connectivity index (χ1v) is 11.3. The third-order valence-electron chi connectivity index (χ3n) is 10.5. The van der Waals surface area contributed by atoms with E-state index < -0.39 is 0 Å². The van der Waals surface area contributed by atoms with Crippen molar-refractivity contribution in [2.45, 2.75) is 91.1 Å². The summed E-state index contributed by atoms with van der Waals surface area (Å²) in [6.45, 7) is 11.6. The van der Waals surface area contributed by atoms with Gasteiger partial charge >= 0.3 is 0 Å². The number of rotatable bonds is 0. The fourth-order valence-corrected chi connectivity index (χ4v) is 9.02. The van der Waals surface area contributed by atoms with Crippen molar-refractivity contribution in [2.24, 2.45) is 34.0 Å². The lowest BCUT2D eigenvalue weighted by Gasteiger charge is -2.69. The van der Waals surface area contributed by atoms with Gasteiger partial charge in [-0.2, -0.15) is 0 Å². The molecule has 0 aromatic carbocycles. The van der Waals surface area contributed by atoms with Gasteiger partial charge < -0.3 is 9.52 Å². The number of aliphatic hydroxyl groups is 1. The fourth-order valence-electron chi connectivity index (χ4n) is 9.02. The minimum atomic E-state index is -0.344. The number of aryl methyl sites for hydroxylation is 1. The number of ketones is 1. The van der Waals surface area contributed by atoms with Crippen LogP contribution in [0.25, 0.3) is 0 Å². The quantitative estimate of drug-likeness (QED) is 0.661. The van der Waals surface area contributed by atoms with Crippen LogP contribution >= 0.6 is 0 Å². The van der Waals surface area contributed by atoms with Crippen molar-refractivity contribution in [1.29, 1.82) is 0 Å². The zero-order chi connectivity index (χ0) is 20.1. The van der Waals surface area contributed by atoms with E-state index in [9.17, 15) is 9.90 Å². The predicted octanol–water partition coefficient (Wildman–Crippen LogP) is 5.29. The van der Waals surface area contributed by atoms with Crippen molar-refractivity contribution in [3.8, 4) is 0 Å². The Hall–Kier alpha value is -1.09. The molecule has 28 heavy (non-hydrogen) atoms. The minimum absolute atomic E-state index is 0.142. The molecular formula is C25H36O3. The molecule has 0 unspecified atom stereocenters. The maximum Gasteiger partial charge on any atom is 0.138 e. The van der Waals surface area contributed by atoms with Crippen LogP contribution in [0.5, 0.6) is 0 Å². The van der Waals surface area contributed by atoms with Crippen LogP contribution in [-0.2, 0) is 16.6 Å². The molecule has 1 aromatic rings. The van der Waals surface area contributed by atoms with E-state index >= 15 is 0 Å². The molecule has 0 aliphatic heterocycles. The molecule has 0 amide bonds. The first-order valence-electron chi connectivity index (χ1n) is 11.3. The lowest BCUT2D eigenvalue weighted by molar-refractivity contribution is -0.206. The summed E-state index contributed by atoms with van der Waals surface area (Å²) >= 11 is 0. The Morgan fingerprint density at radius 2 is 1.64 bits per heavy atom. The Labute approximate surface area is 169 Å². The van der Waals surface area contributed by atoms with Crippen LogP contribution in [0.4, 0.5) is 0 Å². The predicted molar refractivity (Wildman–Crippen MR) is 109 cm³/mol. The van der Waals surface area contributed by atoms with Crippen molar-refractivity contribution in [3.05, 3.63) is 23.7 Å². The zero-order valence-corrected chi connectivity index (χ0v) is 18.2. The first-order chi connectivity index (χ1) is 13.1. The summed E-state index contributed by atoms with van der Waals surface area (Å²) in [5.74, 6) is 1.83. The largest absolute Gasteiger partial charge is 0.472 e. The van der Waals surface area contributed by atoms with Crippen LogP contribution in [0.15, 0.2) is 16.9 Å². The highest BCUT2D eigenvalue weighted by atomic mass is 16.3. The van der Waals surface area contributed by atoms with Gasteiger partial charge in [-0.15, -0.1) is 0 Å². The second-order valence-electron chi connectivity index (χ2n) is 11.7. The molecule has 154 valence electrons. The van der Waals surface area contributed by atoms with Crippen LogP contribution in [0.3, 0.4) is 0 Å². The van der Waals surface area contributed by atoms with E-state index in [1.807, 2.05) is 12.5 Å². The average Bonchev–Trinajstić information content (AvgIpc) is 3.11. The molecule has 0 saturated heterocycles. The van der Waals surface area contributed by atoms with Gasteiger partial charge in [-0.25, -0.2) is 0 Å². The van der Waals surface area contributed by atoms with E-state index in [1.54, 1.807) is 0 Å². The third-order valence-corrected chi connectivity index (χ3v) is 10.5. The number of carbonyl (C=O) groups excluding carboxylic acids is 1. The molecule has 1 N–H and O–H groups in total. The second kappa shape index (κ2) is 5.53. The van der Waals surface area contributed by atoms with Crippen LogP contribution < -0.4 is 0 Å². The molecule has 4 aliphatic rings. The van der Waals surface area contributed by atoms with E-state index in [0.29, 0.717) is 30.0 Å². The third kappa shape index (κ3) is 2.02. The second-order valence-corrected chi connectivity index (χ2v) is 11.7. The molecule has 0 radical (unpaired) electrons. The van der Waals surface area contributed by atoms with Gasteiger partial charge in [0.1, 0.15) is 5.78 Å². The van der Waals surface area contributed by atoms with Crippen molar-refractivity contribution < 1.29 is 14.3 Å². The first kappa shape index (κ1) is 18.9. The molecule has 3 fully saturated rings. The SMILES string of the molecule is CC1(C)C(=O)CC[C@]2(C)[C@H]3C[C@@H](O)[C@]4(C)c5cocc5CC[C@H]4[C@]3(C)CC[C@@H]12. The number of carbonyl (C=O) groups is 1. The van der Waals surface area contributed by atoms with Crippen molar-refractivity contribution in [1.82, 2.24) is 0 Å². The number of Topliss-reactive ketones (excluding diaryl/α,β-unsaturated/α-hetero) is 1. The van der Waals surface area contributed by atoms with E-state index in [2.05, 4.69) is 34.6 Å². The molecule has 3 saturated carbocycles. The normalized spacial score (nSPS) is 49.6. The van der Waals surface area contributed by atoms with Crippen LogP contribution in [0, 0.1) is 34.0 Å². The molecule has 3 heteroatoms. The van der Waals surface area contributed by atoms with Gasteiger partial charge in [0.25, 0.3) is 0 Å². The average molecular weight is 385 g/mol. The molecule has 5 rings (SSSR count). The van der Waals surface area contributed by atoms with Crippen LogP contribution in [0.1, 0.15) is 84.3 Å². The van der Waals surface area contributed by atoms with Gasteiger partial charge in [0.05, 0.1) is 18.6 Å². The fraction of sp³-hybridized carbons (Fsp3) is 0.800. The monoisotopic (exact) mass is 384 g/mol. The lowest BCUT2D eigenvalue weighted by Crippen LogP contribution is -2.67. The van der Waals surface area contributed by atoms with Crippen LogP contribution in [0.2, 0.25) is 0 Å². The molecular weight excluding hydrogens is 348 g/mol. The summed E-state index contributed by atoms with van der Waals surface area (Å²) in [7, 11) is 0. The molecule has 0 spiro atoms. The van der Waals surface area contributed by atoms with E-state index in [4.69, 9.17) is 4.42 Å². The highest BCUT2D eigenvalue weighted by Crippen LogP contribution is 2.71. The number of aliphatic hydroxyl groups excluding tert-OH is 1. The Bertz CT molecular complexity index is 822. The molecule has 0 bridgehead atoms. The smallest absolute Gasteiger partial charge is 0.138 e. The standard InChI is InChI=1S/C25H36O3/c1-22(2)17-8-10-24(4)18-7-6-15-13-28-14-16(15)25(18,5)21(27)12-19(24)23(17,3)11-9-20(22)26/h13-14,17-19,21,27H,6-12H2,1-5H3/t17-,18-,19+,21+,23-,24-,25+/m0/s1. The Morgan fingerprint density at radius 3 is 2.39 bits per heavy atom. The van der Waals surface area contributed by atoms with E-state index in [0.717, 1.165) is 32.1 Å². The Kier molecular flexibility index (Phi) is 3.74. The molecule has 7 atom stereocenters. The minimum Gasteiger partial charge on any atom is -0.472 e. The number of hydrogen-bond donors (Lipinski definition) is 1. The summed E-state index contributed by atoms with van der Waals surface area (Å²) in [5.41, 5.74) is 2.46. The lowest BCUT2D eigenvalue weighted by atomic mass is 9.35. The maximum atomic E-state index is 12.7. The van der Waals surface area contributed by atoms with Gasteiger partial charge in [0, 0.05) is 22.8 Å². The zero-order valence-electron chi connectivity index (χ0n) is 18.2. The summed E-state index contributed by atoms with van der Waals surface area (Å²) in [5, 5.41) is 11.6. The maximum absolute atomic E-state index is 12.7. The highest BCUT2D eigenvalue weighted by molar-refractivity contribution is 5.85. The van der Waals surface area contributed by atoms with Gasteiger partial charge in [-0.05, 0) is 72.7 Å². The summed E-state index contributed by atoms with van der Waals surface area (Å²) in [4.78, 5) is 12.7. The highest BCUT2D eigenvalue weighted by Gasteiger charge is 2.68. The van der Waals surface area contributed by atoms with Crippen molar-refractivity contribution >= 4 is 5.78 Å². The van der Waals surface area contributed by atoms with E-state index in [-0.39, 0.29) is 27.8 Å². The number of hydrogen-bond acceptors (Lipinski definition) is 3. The van der Waals surface area contributed by atoms with E-state index in [1.165, 1.54) is 17.5 Å². The topological polar surface area (TPSA) is 50.4 Å². The molecule has 1 heterocycles. The van der Waals surface area contributed by atoms with Gasteiger partial charge in [0.15, 0.2) is 0 Å². The molecule has 3 nitrogen and oxygen atoms in total. The molecule has 4 aliphatic carbocycles. The van der Waals surface area contributed by atoms with Gasteiger partial charge in [-0.3, -0.25) is 4.79 Å².